The minimum absolute atomic E-state index is 0.347. The molecule has 1 N–H and O–H groups in total. The van der Waals surface area contributed by atoms with Crippen molar-refractivity contribution in [3.63, 3.8) is 0 Å². The predicted molar refractivity (Wildman–Crippen MR) is 55.4 cm³/mol. The van der Waals surface area contributed by atoms with Gasteiger partial charge in [-0.1, -0.05) is 13.8 Å². The van der Waals surface area contributed by atoms with Crippen LogP contribution in [0.1, 0.15) is 25.3 Å². The van der Waals surface area contributed by atoms with Crippen molar-refractivity contribution in [2.75, 3.05) is 0 Å². The molecular formula is C12H14NO+. The van der Waals surface area contributed by atoms with Gasteiger partial charge in [0.2, 0.25) is 0 Å². The highest BCUT2D eigenvalue weighted by molar-refractivity contribution is 5.57. The van der Waals surface area contributed by atoms with Crippen LogP contribution >= 0.6 is 0 Å². The summed E-state index contributed by atoms with van der Waals surface area (Å²) in [6, 6.07) is 7.76. The molecule has 2 aromatic heterocycles. The van der Waals surface area contributed by atoms with E-state index < -0.39 is 0 Å². The molecule has 0 bridgehead atoms. The number of hydrogen-bond donors (Lipinski definition) is 1. The molecule has 0 fully saturated rings. The van der Waals surface area contributed by atoms with E-state index in [0.29, 0.717) is 11.7 Å². The summed E-state index contributed by atoms with van der Waals surface area (Å²) in [5.41, 5.74) is 1.86. The van der Waals surface area contributed by atoms with Gasteiger partial charge in [0, 0.05) is 23.8 Å². The van der Waals surface area contributed by atoms with Gasteiger partial charge in [-0.05, 0) is 12.0 Å². The SMILES string of the molecule is CC(C)c1cc[n+]2ccccc2c1O. The van der Waals surface area contributed by atoms with E-state index in [-0.39, 0.29) is 0 Å². The van der Waals surface area contributed by atoms with Crippen molar-refractivity contribution in [2.45, 2.75) is 19.8 Å². The van der Waals surface area contributed by atoms with Crippen LogP contribution in [0.2, 0.25) is 0 Å². The van der Waals surface area contributed by atoms with Gasteiger partial charge in [0.25, 0.3) is 5.52 Å². The molecular weight excluding hydrogens is 174 g/mol. The summed E-state index contributed by atoms with van der Waals surface area (Å²) in [6.45, 7) is 4.16. The molecule has 0 unspecified atom stereocenters. The molecule has 72 valence electrons. The Kier molecular flexibility index (Phi) is 2.12. The number of hydrogen-bond acceptors (Lipinski definition) is 1. The van der Waals surface area contributed by atoms with Gasteiger partial charge in [-0.25, -0.2) is 0 Å². The third-order valence-corrected chi connectivity index (χ3v) is 2.44. The number of fused-ring (bicyclic) bond motifs is 1. The largest absolute Gasteiger partial charge is 0.502 e. The van der Waals surface area contributed by atoms with Crippen LogP contribution in [-0.2, 0) is 0 Å². The van der Waals surface area contributed by atoms with Crippen molar-refractivity contribution in [1.82, 2.24) is 0 Å². The van der Waals surface area contributed by atoms with Gasteiger partial charge >= 0.3 is 0 Å². The molecule has 14 heavy (non-hydrogen) atoms. The number of aromatic nitrogens is 1. The van der Waals surface area contributed by atoms with Crippen molar-refractivity contribution in [3.05, 3.63) is 42.2 Å². The third-order valence-electron chi connectivity index (χ3n) is 2.44. The van der Waals surface area contributed by atoms with Crippen LogP contribution in [0.3, 0.4) is 0 Å². The molecule has 0 saturated carbocycles. The Morgan fingerprint density at radius 1 is 1.14 bits per heavy atom. The fraction of sp³-hybridized carbons (Fsp3) is 0.250. The molecule has 2 aromatic rings. The van der Waals surface area contributed by atoms with Crippen LogP contribution in [0.25, 0.3) is 5.52 Å². The summed E-state index contributed by atoms with van der Waals surface area (Å²) in [6.07, 6.45) is 3.91. The second kappa shape index (κ2) is 3.29. The smallest absolute Gasteiger partial charge is 0.252 e. The van der Waals surface area contributed by atoms with Crippen molar-refractivity contribution >= 4 is 5.52 Å². The van der Waals surface area contributed by atoms with E-state index >= 15 is 0 Å². The lowest BCUT2D eigenvalue weighted by Gasteiger charge is -2.06. The Hall–Kier alpha value is -1.57. The highest BCUT2D eigenvalue weighted by atomic mass is 16.3. The molecule has 0 amide bonds. The zero-order valence-electron chi connectivity index (χ0n) is 8.44. The van der Waals surface area contributed by atoms with Crippen molar-refractivity contribution in [1.29, 1.82) is 0 Å². The van der Waals surface area contributed by atoms with Crippen molar-refractivity contribution < 1.29 is 9.51 Å². The lowest BCUT2D eigenvalue weighted by Crippen LogP contribution is -2.20. The molecule has 0 atom stereocenters. The predicted octanol–water partition coefficient (Wildman–Crippen LogP) is 2.25. The quantitative estimate of drug-likeness (QED) is 0.682. The summed E-state index contributed by atoms with van der Waals surface area (Å²) in [4.78, 5) is 0. The van der Waals surface area contributed by atoms with Gasteiger partial charge in [-0.2, -0.15) is 4.40 Å². The van der Waals surface area contributed by atoms with Crippen LogP contribution in [0, 0.1) is 0 Å². The van der Waals surface area contributed by atoms with Crippen LogP contribution in [0.15, 0.2) is 36.7 Å². The van der Waals surface area contributed by atoms with Crippen LogP contribution in [0.4, 0.5) is 0 Å². The maximum absolute atomic E-state index is 10.00. The lowest BCUT2D eigenvalue weighted by molar-refractivity contribution is -0.512. The molecule has 0 aromatic carbocycles. The topological polar surface area (TPSA) is 24.3 Å². The molecule has 0 spiro atoms. The molecule has 2 heterocycles. The van der Waals surface area contributed by atoms with Gasteiger partial charge < -0.3 is 5.11 Å². The minimum atomic E-state index is 0.347. The van der Waals surface area contributed by atoms with E-state index in [9.17, 15) is 5.11 Å². The Morgan fingerprint density at radius 2 is 1.93 bits per heavy atom. The minimum Gasteiger partial charge on any atom is -0.502 e. The summed E-state index contributed by atoms with van der Waals surface area (Å²) >= 11 is 0. The molecule has 2 rings (SSSR count). The van der Waals surface area contributed by atoms with E-state index in [2.05, 4.69) is 13.8 Å². The van der Waals surface area contributed by atoms with E-state index in [4.69, 9.17) is 0 Å². The zero-order chi connectivity index (χ0) is 10.1. The fourth-order valence-electron chi connectivity index (χ4n) is 1.64. The Bertz CT molecular complexity index is 463. The first-order chi connectivity index (χ1) is 6.70. The highest BCUT2D eigenvalue weighted by Crippen LogP contribution is 2.26. The fourth-order valence-corrected chi connectivity index (χ4v) is 1.64. The molecule has 0 aliphatic carbocycles. The highest BCUT2D eigenvalue weighted by Gasteiger charge is 2.13. The second-order valence-corrected chi connectivity index (χ2v) is 3.77. The van der Waals surface area contributed by atoms with E-state index in [1.165, 1.54) is 0 Å². The monoisotopic (exact) mass is 188 g/mol. The van der Waals surface area contributed by atoms with Gasteiger partial charge in [0.05, 0.1) is 0 Å². The average Bonchev–Trinajstić information content (AvgIpc) is 2.18. The lowest BCUT2D eigenvalue weighted by atomic mass is 10.0. The number of aromatic hydroxyl groups is 1. The molecule has 2 heteroatoms. The van der Waals surface area contributed by atoms with E-state index in [0.717, 1.165) is 11.1 Å². The molecule has 0 radical (unpaired) electrons. The second-order valence-electron chi connectivity index (χ2n) is 3.77. The van der Waals surface area contributed by atoms with Crippen LogP contribution in [0.5, 0.6) is 5.75 Å². The summed E-state index contributed by atoms with van der Waals surface area (Å²) in [7, 11) is 0. The van der Waals surface area contributed by atoms with Gasteiger partial charge in [0.1, 0.15) is 0 Å². The summed E-state index contributed by atoms with van der Waals surface area (Å²) in [5, 5.41) is 10.00. The van der Waals surface area contributed by atoms with Crippen LogP contribution < -0.4 is 4.40 Å². The van der Waals surface area contributed by atoms with Crippen molar-refractivity contribution in [2.24, 2.45) is 0 Å². The van der Waals surface area contributed by atoms with E-state index in [1.54, 1.807) is 0 Å². The first-order valence-electron chi connectivity index (χ1n) is 4.82. The Morgan fingerprint density at radius 3 is 2.64 bits per heavy atom. The summed E-state index contributed by atoms with van der Waals surface area (Å²) < 4.78 is 1.92. The number of nitrogens with zero attached hydrogens (tertiary/aromatic N) is 1. The number of pyridine rings is 2. The molecule has 2 nitrogen and oxygen atoms in total. The van der Waals surface area contributed by atoms with Gasteiger partial charge in [-0.3, -0.25) is 0 Å². The standard InChI is InChI=1S/C12H13NO/c1-9(2)10-6-8-13-7-4-3-5-11(13)12(10)14/h3-9H,1-2H3/p+1. The Balaban J connectivity index is 2.75. The van der Waals surface area contributed by atoms with Crippen molar-refractivity contribution in [3.8, 4) is 5.75 Å². The van der Waals surface area contributed by atoms with Gasteiger partial charge in [0.15, 0.2) is 18.1 Å². The first kappa shape index (κ1) is 9.00. The normalized spacial score (nSPS) is 11.1. The maximum atomic E-state index is 10.00. The zero-order valence-corrected chi connectivity index (χ0v) is 8.44. The first-order valence-corrected chi connectivity index (χ1v) is 4.82. The maximum Gasteiger partial charge on any atom is 0.252 e. The Labute approximate surface area is 83.4 Å². The average molecular weight is 188 g/mol. The van der Waals surface area contributed by atoms with Crippen LogP contribution in [-0.4, -0.2) is 5.11 Å². The third kappa shape index (κ3) is 1.33. The molecule has 0 aliphatic rings. The number of rotatable bonds is 1. The molecule has 0 saturated heterocycles. The molecule has 0 aliphatic heterocycles. The van der Waals surface area contributed by atoms with E-state index in [1.807, 2.05) is 41.1 Å². The van der Waals surface area contributed by atoms with Gasteiger partial charge in [-0.15, -0.1) is 0 Å². The summed E-state index contributed by atoms with van der Waals surface area (Å²) in [5.74, 6) is 0.739.